The lowest BCUT2D eigenvalue weighted by Crippen LogP contribution is -2.45. The summed E-state index contributed by atoms with van der Waals surface area (Å²) in [5.74, 6) is -0.0873. The van der Waals surface area contributed by atoms with E-state index in [1.165, 1.54) is 32.1 Å². The van der Waals surface area contributed by atoms with Gasteiger partial charge in [-0.2, -0.15) is 0 Å². The molecule has 0 aromatic heterocycles. The van der Waals surface area contributed by atoms with E-state index in [2.05, 4.69) is 10.5 Å². The van der Waals surface area contributed by atoms with Crippen molar-refractivity contribution in [2.75, 3.05) is 13.2 Å². The van der Waals surface area contributed by atoms with Gasteiger partial charge in [0.25, 0.3) is 5.91 Å². The Labute approximate surface area is 121 Å². The first kappa shape index (κ1) is 15.3. The SMILES string of the molecule is CC1=NO[C@](C)(C(=O)NCCCOC2CCCCC2)C1. The van der Waals surface area contributed by atoms with Crippen LogP contribution in [0, 0.1) is 0 Å². The van der Waals surface area contributed by atoms with Crippen LogP contribution in [0.15, 0.2) is 5.16 Å². The molecule has 0 bridgehead atoms. The number of carbonyl (C=O) groups is 1. The van der Waals surface area contributed by atoms with E-state index >= 15 is 0 Å². The van der Waals surface area contributed by atoms with Gasteiger partial charge in [-0.25, -0.2) is 0 Å². The van der Waals surface area contributed by atoms with Gasteiger partial charge in [-0.05, 0) is 33.1 Å². The fourth-order valence-electron chi connectivity index (χ4n) is 2.80. The third-order valence-electron chi connectivity index (χ3n) is 3.99. The van der Waals surface area contributed by atoms with Crippen molar-refractivity contribution in [2.24, 2.45) is 5.16 Å². The molecule has 2 aliphatic rings. The van der Waals surface area contributed by atoms with Gasteiger partial charge in [-0.15, -0.1) is 0 Å². The number of nitrogens with zero attached hydrogens (tertiary/aromatic N) is 1. The van der Waals surface area contributed by atoms with Gasteiger partial charge in [-0.1, -0.05) is 24.4 Å². The van der Waals surface area contributed by atoms with Crippen molar-refractivity contribution in [3.05, 3.63) is 0 Å². The number of hydrogen-bond donors (Lipinski definition) is 1. The number of oxime groups is 1. The summed E-state index contributed by atoms with van der Waals surface area (Å²) in [6.07, 6.45) is 8.15. The molecule has 20 heavy (non-hydrogen) atoms. The van der Waals surface area contributed by atoms with Gasteiger partial charge >= 0.3 is 0 Å². The Hall–Kier alpha value is -1.10. The van der Waals surface area contributed by atoms with Crippen molar-refractivity contribution in [2.45, 2.75) is 70.5 Å². The minimum atomic E-state index is -0.825. The van der Waals surface area contributed by atoms with Crippen LogP contribution in [-0.4, -0.2) is 36.5 Å². The van der Waals surface area contributed by atoms with Crippen LogP contribution in [0.4, 0.5) is 0 Å². The van der Waals surface area contributed by atoms with Gasteiger partial charge in [0.15, 0.2) is 0 Å². The molecule has 5 heteroatoms. The van der Waals surface area contributed by atoms with Crippen molar-refractivity contribution in [1.29, 1.82) is 0 Å². The molecule has 0 aromatic carbocycles. The summed E-state index contributed by atoms with van der Waals surface area (Å²) in [5, 5.41) is 6.75. The van der Waals surface area contributed by atoms with E-state index in [0.29, 0.717) is 19.1 Å². The van der Waals surface area contributed by atoms with Crippen LogP contribution in [0.25, 0.3) is 0 Å². The number of nitrogens with one attached hydrogen (secondary N) is 1. The second kappa shape index (κ2) is 7.07. The Morgan fingerprint density at radius 1 is 1.45 bits per heavy atom. The molecule has 0 radical (unpaired) electrons. The average Bonchev–Trinajstić information content (AvgIpc) is 2.80. The summed E-state index contributed by atoms with van der Waals surface area (Å²) in [6, 6.07) is 0. The molecule has 114 valence electrons. The van der Waals surface area contributed by atoms with E-state index in [1.54, 1.807) is 6.92 Å². The summed E-state index contributed by atoms with van der Waals surface area (Å²) in [4.78, 5) is 17.2. The predicted molar refractivity (Wildman–Crippen MR) is 77.7 cm³/mol. The van der Waals surface area contributed by atoms with Crippen LogP contribution in [0.3, 0.4) is 0 Å². The average molecular weight is 282 g/mol. The first-order valence-corrected chi connectivity index (χ1v) is 7.72. The van der Waals surface area contributed by atoms with Crippen molar-refractivity contribution in [3.8, 4) is 0 Å². The van der Waals surface area contributed by atoms with E-state index in [4.69, 9.17) is 9.57 Å². The molecule has 0 spiro atoms. The Balaban J connectivity index is 1.55. The third kappa shape index (κ3) is 4.20. The Morgan fingerprint density at radius 2 is 2.20 bits per heavy atom. The van der Waals surface area contributed by atoms with E-state index in [9.17, 15) is 4.79 Å². The zero-order chi connectivity index (χ0) is 14.4. The van der Waals surface area contributed by atoms with Crippen LogP contribution in [-0.2, 0) is 14.4 Å². The summed E-state index contributed by atoms with van der Waals surface area (Å²) >= 11 is 0. The highest BCUT2D eigenvalue weighted by atomic mass is 16.7. The van der Waals surface area contributed by atoms with Crippen molar-refractivity contribution < 1.29 is 14.4 Å². The van der Waals surface area contributed by atoms with Gasteiger partial charge in [0.2, 0.25) is 5.60 Å². The molecule has 1 N–H and O–H groups in total. The highest BCUT2D eigenvalue weighted by Gasteiger charge is 2.40. The van der Waals surface area contributed by atoms with Gasteiger partial charge in [0.1, 0.15) is 0 Å². The smallest absolute Gasteiger partial charge is 0.267 e. The maximum atomic E-state index is 12.0. The highest BCUT2D eigenvalue weighted by molar-refractivity contribution is 5.94. The highest BCUT2D eigenvalue weighted by Crippen LogP contribution is 2.23. The molecular formula is C15H26N2O3. The van der Waals surface area contributed by atoms with E-state index in [1.807, 2.05) is 6.92 Å². The zero-order valence-electron chi connectivity index (χ0n) is 12.6. The van der Waals surface area contributed by atoms with Gasteiger partial charge in [-0.3, -0.25) is 4.79 Å². The number of hydrogen-bond acceptors (Lipinski definition) is 4. The molecule has 5 nitrogen and oxygen atoms in total. The van der Waals surface area contributed by atoms with Crippen LogP contribution in [0.2, 0.25) is 0 Å². The number of ether oxygens (including phenoxy) is 1. The van der Waals surface area contributed by atoms with E-state index in [0.717, 1.165) is 18.7 Å². The second-order valence-electron chi connectivity index (χ2n) is 6.07. The molecular weight excluding hydrogens is 256 g/mol. The fraction of sp³-hybridized carbons (Fsp3) is 0.867. The molecule has 2 rings (SSSR count). The van der Waals surface area contributed by atoms with E-state index in [-0.39, 0.29) is 5.91 Å². The van der Waals surface area contributed by atoms with Crippen molar-refractivity contribution >= 4 is 11.6 Å². The van der Waals surface area contributed by atoms with Gasteiger partial charge in [0, 0.05) is 19.6 Å². The Morgan fingerprint density at radius 3 is 2.85 bits per heavy atom. The van der Waals surface area contributed by atoms with Crippen LogP contribution < -0.4 is 5.32 Å². The number of rotatable bonds is 6. The molecule has 1 saturated carbocycles. The minimum absolute atomic E-state index is 0.0873. The Bertz CT molecular complexity index is 364. The summed E-state index contributed by atoms with van der Waals surface area (Å²) in [5.41, 5.74) is 0.0391. The van der Waals surface area contributed by atoms with Crippen LogP contribution in [0.1, 0.15) is 58.8 Å². The predicted octanol–water partition coefficient (Wildman–Crippen LogP) is 2.40. The number of amides is 1. The molecule has 0 unspecified atom stereocenters. The molecule has 1 aliphatic heterocycles. The number of carbonyl (C=O) groups excluding carboxylic acids is 1. The quantitative estimate of drug-likeness (QED) is 0.761. The molecule has 0 saturated heterocycles. The lowest BCUT2D eigenvalue weighted by molar-refractivity contribution is -0.141. The normalized spacial score (nSPS) is 27.0. The maximum absolute atomic E-state index is 12.0. The first-order chi connectivity index (χ1) is 9.60. The Kier molecular flexibility index (Phi) is 5.40. The zero-order valence-corrected chi connectivity index (χ0v) is 12.6. The molecule has 1 amide bonds. The minimum Gasteiger partial charge on any atom is -0.379 e. The molecule has 1 aliphatic carbocycles. The topological polar surface area (TPSA) is 59.9 Å². The molecule has 1 fully saturated rings. The van der Waals surface area contributed by atoms with Gasteiger partial charge in [0.05, 0.1) is 11.8 Å². The van der Waals surface area contributed by atoms with Crippen LogP contribution in [0.5, 0.6) is 0 Å². The lowest BCUT2D eigenvalue weighted by atomic mass is 9.98. The monoisotopic (exact) mass is 282 g/mol. The summed E-state index contributed by atoms with van der Waals surface area (Å²) in [6.45, 7) is 5.00. The van der Waals surface area contributed by atoms with E-state index < -0.39 is 5.60 Å². The lowest BCUT2D eigenvalue weighted by Gasteiger charge is -2.22. The van der Waals surface area contributed by atoms with Crippen molar-refractivity contribution in [3.63, 3.8) is 0 Å². The fourth-order valence-corrected chi connectivity index (χ4v) is 2.80. The molecule has 1 atom stereocenters. The largest absolute Gasteiger partial charge is 0.379 e. The standard InChI is InChI=1S/C15H26N2O3/c1-12-11-15(2,20-17-12)14(18)16-9-6-10-19-13-7-4-3-5-8-13/h13H,3-11H2,1-2H3,(H,16,18)/t15-/m0/s1. The maximum Gasteiger partial charge on any atom is 0.267 e. The van der Waals surface area contributed by atoms with Crippen LogP contribution >= 0.6 is 0 Å². The second-order valence-corrected chi connectivity index (χ2v) is 6.07. The van der Waals surface area contributed by atoms with Crippen molar-refractivity contribution in [1.82, 2.24) is 5.32 Å². The molecule has 0 aromatic rings. The summed E-state index contributed by atoms with van der Waals surface area (Å²) in [7, 11) is 0. The van der Waals surface area contributed by atoms with Gasteiger partial charge < -0.3 is 14.9 Å². The first-order valence-electron chi connectivity index (χ1n) is 7.72. The summed E-state index contributed by atoms with van der Waals surface area (Å²) < 4.78 is 5.83. The molecule has 1 heterocycles. The third-order valence-corrected chi connectivity index (χ3v) is 3.99.